The molecule has 0 saturated heterocycles. The van der Waals surface area contributed by atoms with E-state index >= 15 is 0 Å². The molecule has 0 fully saturated rings. The van der Waals surface area contributed by atoms with Crippen molar-refractivity contribution in [1.29, 1.82) is 0 Å². The molecule has 2 aromatic carbocycles. The highest BCUT2D eigenvalue weighted by Gasteiger charge is 2.27. The van der Waals surface area contributed by atoms with E-state index in [9.17, 15) is 30.1 Å². The molecular weight excluding hydrogens is 330 g/mol. The van der Waals surface area contributed by atoms with Gasteiger partial charge < -0.3 is 10.4 Å². The van der Waals surface area contributed by atoms with Gasteiger partial charge in [-0.1, -0.05) is 17.7 Å². The van der Waals surface area contributed by atoms with Crippen LogP contribution in [-0.2, 0) is 0 Å². The average Bonchev–Trinajstić information content (AvgIpc) is 2.46. The number of anilines is 2. The molecule has 10 heteroatoms. The number of rotatable bonds is 5. The number of hydrogen-bond acceptors (Lipinski definition) is 6. The molecule has 2 rings (SSSR count). The molecule has 118 valence electrons. The molecule has 0 radical (unpaired) electrons. The highest BCUT2D eigenvalue weighted by molar-refractivity contribution is 6.30. The van der Waals surface area contributed by atoms with Crippen LogP contribution in [0.5, 0.6) is 0 Å². The molecular formula is C13H8ClN3O6. The lowest BCUT2D eigenvalue weighted by molar-refractivity contribution is -0.393. The van der Waals surface area contributed by atoms with E-state index in [1.807, 2.05) is 0 Å². The zero-order chi connectivity index (χ0) is 17.1. The highest BCUT2D eigenvalue weighted by atomic mass is 35.5. The predicted molar refractivity (Wildman–Crippen MR) is 81.4 cm³/mol. The Labute approximate surface area is 133 Å². The first-order chi connectivity index (χ1) is 10.8. The molecule has 2 N–H and O–H groups in total. The molecule has 2 aromatic rings. The quantitative estimate of drug-likeness (QED) is 0.628. The van der Waals surface area contributed by atoms with Gasteiger partial charge in [0.2, 0.25) is 0 Å². The van der Waals surface area contributed by atoms with Gasteiger partial charge in [0, 0.05) is 16.8 Å². The van der Waals surface area contributed by atoms with Crippen LogP contribution in [0, 0.1) is 20.2 Å². The van der Waals surface area contributed by atoms with Gasteiger partial charge in [-0.25, -0.2) is 4.79 Å². The number of nitro groups is 2. The second-order valence-corrected chi connectivity index (χ2v) is 4.78. The first-order valence-electron chi connectivity index (χ1n) is 6.02. The molecule has 0 spiro atoms. The standard InChI is InChI=1S/C13H8ClN3O6/c14-7-2-1-3-8(4-7)15-12-10(13(18)19)5-9(16(20)21)6-11(12)17(22)23/h1-6,15H,(H,18,19). The van der Waals surface area contributed by atoms with E-state index in [2.05, 4.69) is 5.32 Å². The van der Waals surface area contributed by atoms with Crippen molar-refractivity contribution in [3.8, 4) is 0 Å². The Morgan fingerprint density at radius 1 is 1.13 bits per heavy atom. The Kier molecular flexibility index (Phi) is 4.42. The van der Waals surface area contributed by atoms with Crippen LogP contribution in [0.25, 0.3) is 0 Å². The van der Waals surface area contributed by atoms with Crippen molar-refractivity contribution in [2.45, 2.75) is 0 Å². The van der Waals surface area contributed by atoms with Gasteiger partial charge in [-0.05, 0) is 18.2 Å². The summed E-state index contributed by atoms with van der Waals surface area (Å²) in [5.74, 6) is -1.54. The number of hydrogen-bond donors (Lipinski definition) is 2. The molecule has 0 heterocycles. The molecule has 9 nitrogen and oxygen atoms in total. The summed E-state index contributed by atoms with van der Waals surface area (Å²) in [5, 5.41) is 34.1. The molecule has 0 unspecified atom stereocenters. The van der Waals surface area contributed by atoms with Crippen molar-refractivity contribution in [3.05, 3.63) is 67.2 Å². The van der Waals surface area contributed by atoms with Crippen LogP contribution in [0.3, 0.4) is 0 Å². The molecule has 0 amide bonds. The number of halogens is 1. The fourth-order valence-electron chi connectivity index (χ4n) is 1.87. The largest absolute Gasteiger partial charge is 0.478 e. The lowest BCUT2D eigenvalue weighted by Gasteiger charge is -2.10. The van der Waals surface area contributed by atoms with Crippen LogP contribution in [0.15, 0.2) is 36.4 Å². The molecule has 0 aliphatic heterocycles. The lowest BCUT2D eigenvalue weighted by atomic mass is 10.1. The van der Waals surface area contributed by atoms with E-state index < -0.39 is 32.8 Å². The van der Waals surface area contributed by atoms with Crippen molar-refractivity contribution in [2.24, 2.45) is 0 Å². The molecule has 0 saturated carbocycles. The van der Waals surface area contributed by atoms with Crippen molar-refractivity contribution in [1.82, 2.24) is 0 Å². The van der Waals surface area contributed by atoms with Crippen molar-refractivity contribution >= 4 is 40.3 Å². The Morgan fingerprint density at radius 2 is 1.83 bits per heavy atom. The summed E-state index contributed by atoms with van der Waals surface area (Å²) in [5.41, 5.74) is -2.07. The van der Waals surface area contributed by atoms with E-state index in [1.54, 1.807) is 12.1 Å². The number of carboxylic acid groups (broad SMARTS) is 1. The van der Waals surface area contributed by atoms with Gasteiger partial charge in [-0.3, -0.25) is 20.2 Å². The third-order valence-corrected chi connectivity index (χ3v) is 3.07. The van der Waals surface area contributed by atoms with Gasteiger partial charge in [0.1, 0.15) is 5.69 Å². The fourth-order valence-corrected chi connectivity index (χ4v) is 2.06. The maximum atomic E-state index is 11.3. The van der Waals surface area contributed by atoms with E-state index in [0.29, 0.717) is 16.8 Å². The van der Waals surface area contributed by atoms with Gasteiger partial charge in [-0.2, -0.15) is 0 Å². The zero-order valence-corrected chi connectivity index (χ0v) is 12.0. The summed E-state index contributed by atoms with van der Waals surface area (Å²) in [6, 6.07) is 7.51. The summed E-state index contributed by atoms with van der Waals surface area (Å²) in [6.45, 7) is 0. The second-order valence-electron chi connectivity index (χ2n) is 4.34. The third kappa shape index (κ3) is 3.52. The average molecular weight is 338 g/mol. The number of aromatic carboxylic acids is 1. The van der Waals surface area contributed by atoms with Gasteiger partial charge in [0.05, 0.1) is 21.5 Å². The van der Waals surface area contributed by atoms with Crippen LogP contribution in [0.1, 0.15) is 10.4 Å². The number of non-ortho nitro benzene ring substituents is 1. The maximum absolute atomic E-state index is 11.3. The molecule has 0 aliphatic rings. The Hall–Kier alpha value is -3.20. The number of nitrogens with one attached hydrogen (secondary N) is 1. The van der Waals surface area contributed by atoms with Gasteiger partial charge >= 0.3 is 5.97 Å². The Morgan fingerprint density at radius 3 is 2.35 bits per heavy atom. The molecule has 0 atom stereocenters. The topological polar surface area (TPSA) is 136 Å². The minimum absolute atomic E-state index is 0.303. The van der Waals surface area contributed by atoms with Crippen LogP contribution >= 0.6 is 11.6 Å². The number of benzene rings is 2. The summed E-state index contributed by atoms with van der Waals surface area (Å²) in [7, 11) is 0. The lowest BCUT2D eigenvalue weighted by Crippen LogP contribution is -2.07. The van der Waals surface area contributed by atoms with E-state index in [4.69, 9.17) is 11.6 Å². The van der Waals surface area contributed by atoms with Crippen molar-refractivity contribution < 1.29 is 19.7 Å². The van der Waals surface area contributed by atoms with Gasteiger partial charge in [-0.15, -0.1) is 0 Å². The summed E-state index contributed by atoms with van der Waals surface area (Å²) < 4.78 is 0. The Bertz CT molecular complexity index is 788. The zero-order valence-electron chi connectivity index (χ0n) is 11.2. The number of carbonyl (C=O) groups is 1. The molecule has 0 aliphatic carbocycles. The molecule has 0 bridgehead atoms. The second kappa shape index (κ2) is 6.28. The van der Waals surface area contributed by atoms with Gasteiger partial charge in [0.15, 0.2) is 0 Å². The number of nitro benzene ring substituents is 2. The fraction of sp³-hybridized carbons (Fsp3) is 0. The van der Waals surface area contributed by atoms with E-state index in [1.165, 1.54) is 12.1 Å². The molecule has 23 heavy (non-hydrogen) atoms. The van der Waals surface area contributed by atoms with Crippen molar-refractivity contribution in [3.63, 3.8) is 0 Å². The first-order valence-corrected chi connectivity index (χ1v) is 6.40. The summed E-state index contributed by atoms with van der Waals surface area (Å²) >= 11 is 5.80. The third-order valence-electron chi connectivity index (χ3n) is 2.83. The summed E-state index contributed by atoms with van der Waals surface area (Å²) in [6.07, 6.45) is 0. The smallest absolute Gasteiger partial charge is 0.338 e. The minimum atomic E-state index is -1.54. The van der Waals surface area contributed by atoms with Crippen LogP contribution < -0.4 is 5.32 Å². The maximum Gasteiger partial charge on any atom is 0.338 e. The highest BCUT2D eigenvalue weighted by Crippen LogP contribution is 2.35. The van der Waals surface area contributed by atoms with E-state index in [0.717, 1.165) is 6.07 Å². The SMILES string of the molecule is O=C(O)c1cc([N+](=O)[O-])cc([N+](=O)[O-])c1Nc1cccc(Cl)c1. The van der Waals surface area contributed by atoms with E-state index in [-0.39, 0.29) is 5.69 Å². The monoisotopic (exact) mass is 337 g/mol. The Balaban J connectivity index is 2.66. The summed E-state index contributed by atoms with van der Waals surface area (Å²) in [4.78, 5) is 31.5. The first kappa shape index (κ1) is 16.2. The van der Waals surface area contributed by atoms with Crippen LogP contribution in [-0.4, -0.2) is 20.9 Å². The van der Waals surface area contributed by atoms with Crippen molar-refractivity contribution in [2.75, 3.05) is 5.32 Å². The van der Waals surface area contributed by atoms with Crippen LogP contribution in [0.4, 0.5) is 22.7 Å². The van der Waals surface area contributed by atoms with Gasteiger partial charge in [0.25, 0.3) is 11.4 Å². The minimum Gasteiger partial charge on any atom is -0.478 e. The normalized spacial score (nSPS) is 10.1. The predicted octanol–water partition coefficient (Wildman–Crippen LogP) is 3.60. The molecule has 0 aromatic heterocycles. The number of carboxylic acids is 1. The van der Waals surface area contributed by atoms with Crippen LogP contribution in [0.2, 0.25) is 5.02 Å². The number of nitrogens with zero attached hydrogens (tertiary/aromatic N) is 2.